The minimum Gasteiger partial charge on any atom is -0.369 e. The van der Waals surface area contributed by atoms with E-state index in [1.165, 1.54) is 11.1 Å². The highest BCUT2D eigenvalue weighted by atomic mass is 16.2. The summed E-state index contributed by atoms with van der Waals surface area (Å²) >= 11 is 0. The number of piperazine rings is 1. The van der Waals surface area contributed by atoms with Crippen LogP contribution in [0.1, 0.15) is 30.8 Å². The smallest absolute Gasteiger partial charge is 0.274 e. The van der Waals surface area contributed by atoms with Crippen molar-refractivity contribution in [1.29, 1.82) is 0 Å². The van der Waals surface area contributed by atoms with Crippen molar-refractivity contribution in [3.8, 4) is 0 Å². The van der Waals surface area contributed by atoms with Gasteiger partial charge in [-0.2, -0.15) is 0 Å². The Morgan fingerprint density at radius 2 is 2.35 bits per heavy atom. The maximum atomic E-state index is 12.4. The fourth-order valence-corrected chi connectivity index (χ4v) is 2.01. The Bertz CT molecular complexity index is 505. The van der Waals surface area contributed by atoms with E-state index in [9.17, 15) is 9.59 Å². The normalized spacial score (nSPS) is 18.6. The highest BCUT2D eigenvalue weighted by Crippen LogP contribution is 2.10. The molecule has 1 fully saturated rings. The van der Waals surface area contributed by atoms with Gasteiger partial charge in [-0.1, -0.05) is 6.92 Å². The molecule has 1 aliphatic rings. The van der Waals surface area contributed by atoms with Gasteiger partial charge in [-0.25, -0.2) is 4.98 Å². The summed E-state index contributed by atoms with van der Waals surface area (Å²) in [5.74, 6) is 0.171. The van der Waals surface area contributed by atoms with E-state index in [4.69, 9.17) is 0 Å². The lowest BCUT2D eigenvalue weighted by molar-refractivity contribution is -0.127. The molecule has 0 bridgehead atoms. The van der Waals surface area contributed by atoms with Crippen molar-refractivity contribution < 1.29 is 9.59 Å². The first kappa shape index (κ1) is 14.2. The van der Waals surface area contributed by atoms with Crippen LogP contribution in [0.4, 0.5) is 5.82 Å². The van der Waals surface area contributed by atoms with Crippen LogP contribution in [0, 0.1) is 0 Å². The van der Waals surface area contributed by atoms with Gasteiger partial charge in [0.1, 0.15) is 17.6 Å². The number of carbonyl (C=O) groups excluding carboxylic acids is 2. The number of hydrogen-bond donors (Lipinski definition) is 2. The molecule has 7 nitrogen and oxygen atoms in total. The third-order valence-corrected chi connectivity index (χ3v) is 3.17. The first-order chi connectivity index (χ1) is 9.63. The standard InChI is InChI=1S/C13H19N5O2/c1-3-4-15-11-8-14-7-10(17-11)13(20)18-6-5-16-12(19)9(18)2/h7-9H,3-6H2,1-2H3,(H,15,17)(H,16,19). The number of anilines is 1. The summed E-state index contributed by atoms with van der Waals surface area (Å²) in [7, 11) is 0. The molecule has 1 aromatic rings. The summed E-state index contributed by atoms with van der Waals surface area (Å²) in [4.78, 5) is 33.8. The van der Waals surface area contributed by atoms with Gasteiger partial charge < -0.3 is 15.5 Å². The van der Waals surface area contributed by atoms with Crippen molar-refractivity contribution in [2.45, 2.75) is 26.3 Å². The summed E-state index contributed by atoms with van der Waals surface area (Å²) < 4.78 is 0. The van der Waals surface area contributed by atoms with Crippen LogP contribution in [0.3, 0.4) is 0 Å². The minimum atomic E-state index is -0.481. The van der Waals surface area contributed by atoms with Gasteiger partial charge in [0.25, 0.3) is 5.91 Å². The second-order valence-electron chi connectivity index (χ2n) is 4.68. The summed E-state index contributed by atoms with van der Waals surface area (Å²) in [6.45, 7) is 5.48. The maximum absolute atomic E-state index is 12.4. The molecule has 1 unspecified atom stereocenters. The van der Waals surface area contributed by atoms with Crippen LogP contribution in [-0.2, 0) is 4.79 Å². The van der Waals surface area contributed by atoms with Crippen molar-refractivity contribution in [2.75, 3.05) is 25.0 Å². The topological polar surface area (TPSA) is 87.2 Å². The second kappa shape index (κ2) is 6.31. The molecule has 2 heterocycles. The predicted molar refractivity (Wildman–Crippen MR) is 74.3 cm³/mol. The van der Waals surface area contributed by atoms with E-state index < -0.39 is 6.04 Å². The SMILES string of the molecule is CCCNc1cncc(C(=O)N2CCNC(=O)C2C)n1. The number of hydrogen-bond acceptors (Lipinski definition) is 5. The van der Waals surface area contributed by atoms with Crippen LogP contribution in [-0.4, -0.2) is 52.4 Å². The van der Waals surface area contributed by atoms with Crippen LogP contribution in [0.2, 0.25) is 0 Å². The average Bonchev–Trinajstić information content (AvgIpc) is 2.47. The molecule has 0 aliphatic carbocycles. The monoisotopic (exact) mass is 277 g/mol. The number of carbonyl (C=O) groups is 2. The molecule has 7 heteroatoms. The third-order valence-electron chi connectivity index (χ3n) is 3.17. The van der Waals surface area contributed by atoms with E-state index in [0.29, 0.717) is 18.9 Å². The lowest BCUT2D eigenvalue weighted by Gasteiger charge is -2.32. The van der Waals surface area contributed by atoms with E-state index in [1.54, 1.807) is 13.1 Å². The lowest BCUT2D eigenvalue weighted by atomic mass is 10.2. The van der Waals surface area contributed by atoms with Gasteiger partial charge in [0, 0.05) is 19.6 Å². The van der Waals surface area contributed by atoms with Gasteiger partial charge >= 0.3 is 0 Å². The van der Waals surface area contributed by atoms with Crippen LogP contribution in [0.25, 0.3) is 0 Å². The number of rotatable bonds is 4. The van der Waals surface area contributed by atoms with E-state index >= 15 is 0 Å². The number of nitrogens with zero attached hydrogens (tertiary/aromatic N) is 3. The molecule has 20 heavy (non-hydrogen) atoms. The molecule has 108 valence electrons. The first-order valence-electron chi connectivity index (χ1n) is 6.78. The van der Waals surface area contributed by atoms with Gasteiger partial charge in [-0.05, 0) is 13.3 Å². The second-order valence-corrected chi connectivity index (χ2v) is 4.68. The van der Waals surface area contributed by atoms with Crippen molar-refractivity contribution in [3.63, 3.8) is 0 Å². The Morgan fingerprint density at radius 3 is 3.10 bits per heavy atom. The number of amides is 2. The maximum Gasteiger partial charge on any atom is 0.274 e. The van der Waals surface area contributed by atoms with Crippen LogP contribution in [0.5, 0.6) is 0 Å². The number of nitrogens with one attached hydrogen (secondary N) is 2. The largest absolute Gasteiger partial charge is 0.369 e. The molecule has 0 spiro atoms. The summed E-state index contributed by atoms with van der Waals surface area (Å²) in [6, 6.07) is -0.481. The van der Waals surface area contributed by atoms with Crippen molar-refractivity contribution in [1.82, 2.24) is 20.2 Å². The van der Waals surface area contributed by atoms with Gasteiger partial charge in [0.2, 0.25) is 5.91 Å². The highest BCUT2D eigenvalue weighted by Gasteiger charge is 2.30. The van der Waals surface area contributed by atoms with Crippen molar-refractivity contribution in [2.24, 2.45) is 0 Å². The highest BCUT2D eigenvalue weighted by molar-refractivity contribution is 5.96. The van der Waals surface area contributed by atoms with Gasteiger partial charge in [0.05, 0.1) is 12.4 Å². The molecule has 1 atom stereocenters. The quantitative estimate of drug-likeness (QED) is 0.824. The summed E-state index contributed by atoms with van der Waals surface area (Å²) in [5.41, 5.74) is 0.257. The minimum absolute atomic E-state index is 0.141. The Labute approximate surface area is 117 Å². The molecule has 2 rings (SSSR count). The predicted octanol–water partition coefficient (Wildman–Crippen LogP) is 0.259. The Hall–Kier alpha value is -2.18. The summed E-state index contributed by atoms with van der Waals surface area (Å²) in [6.07, 6.45) is 3.97. The Morgan fingerprint density at radius 1 is 1.55 bits per heavy atom. The fourth-order valence-electron chi connectivity index (χ4n) is 2.01. The van der Waals surface area contributed by atoms with E-state index in [1.807, 2.05) is 6.92 Å². The fraction of sp³-hybridized carbons (Fsp3) is 0.538. The molecule has 2 amide bonds. The first-order valence-corrected chi connectivity index (χ1v) is 6.78. The van der Waals surface area contributed by atoms with E-state index in [0.717, 1.165) is 13.0 Å². The van der Waals surface area contributed by atoms with Gasteiger partial charge in [-0.3, -0.25) is 14.6 Å². The molecular formula is C13H19N5O2. The summed E-state index contributed by atoms with van der Waals surface area (Å²) in [5, 5.41) is 5.82. The zero-order valence-electron chi connectivity index (χ0n) is 11.7. The molecule has 1 aromatic heterocycles. The third kappa shape index (κ3) is 3.04. The van der Waals surface area contributed by atoms with Gasteiger partial charge in [0.15, 0.2) is 0 Å². The number of aromatic nitrogens is 2. The van der Waals surface area contributed by atoms with E-state index in [2.05, 4.69) is 20.6 Å². The Balaban J connectivity index is 2.13. The molecular weight excluding hydrogens is 258 g/mol. The molecule has 0 saturated carbocycles. The van der Waals surface area contributed by atoms with Crippen LogP contribution in [0.15, 0.2) is 12.4 Å². The van der Waals surface area contributed by atoms with Crippen molar-refractivity contribution >= 4 is 17.6 Å². The zero-order valence-corrected chi connectivity index (χ0v) is 11.7. The molecule has 0 aromatic carbocycles. The van der Waals surface area contributed by atoms with Gasteiger partial charge in [-0.15, -0.1) is 0 Å². The molecule has 2 N–H and O–H groups in total. The average molecular weight is 277 g/mol. The zero-order chi connectivity index (χ0) is 14.5. The molecule has 1 saturated heterocycles. The molecule has 1 aliphatic heterocycles. The van der Waals surface area contributed by atoms with Crippen LogP contribution < -0.4 is 10.6 Å². The lowest BCUT2D eigenvalue weighted by Crippen LogP contribution is -2.56. The molecule has 0 radical (unpaired) electrons. The van der Waals surface area contributed by atoms with Crippen LogP contribution >= 0.6 is 0 Å². The van der Waals surface area contributed by atoms with E-state index in [-0.39, 0.29) is 17.5 Å². The van der Waals surface area contributed by atoms with Crippen molar-refractivity contribution in [3.05, 3.63) is 18.1 Å². The Kier molecular flexibility index (Phi) is 4.49.